The van der Waals surface area contributed by atoms with E-state index in [-0.39, 0.29) is 42.2 Å². The van der Waals surface area contributed by atoms with Gasteiger partial charge in [-0.25, -0.2) is 4.79 Å². The molecule has 0 aromatic heterocycles. The molecule has 0 aliphatic heterocycles. The van der Waals surface area contributed by atoms with Crippen LogP contribution in [-0.4, -0.2) is 52.7 Å². The Hall–Kier alpha value is -2.09. The van der Waals surface area contributed by atoms with Crippen molar-refractivity contribution >= 4 is 29.3 Å². The standard InChI is InChI=1S/C11H20O2.C7H12O2.C5H8O4.CH4/c1-8(12)7-10(3,4)11(5,6)9(2)13;1-2-7(3-4-7)5-6(8)9;1-4(6)2-9-3-5(7)8;/h7H2,1-6H3;2-5H2,1H3,(H,8,9);2-3H2,1H3,(H,7,8);1H4. The second-order valence-corrected chi connectivity index (χ2v) is 9.46. The number of ether oxygens (including phenoxy) is 1. The van der Waals surface area contributed by atoms with Crippen molar-refractivity contribution in [3.8, 4) is 0 Å². The summed E-state index contributed by atoms with van der Waals surface area (Å²) in [5, 5.41) is 16.4. The molecule has 0 atom stereocenters. The highest BCUT2D eigenvalue weighted by Crippen LogP contribution is 2.51. The summed E-state index contributed by atoms with van der Waals surface area (Å²) >= 11 is 0. The Balaban J connectivity index is -0.000000398. The zero-order valence-corrected chi connectivity index (χ0v) is 20.3. The van der Waals surface area contributed by atoms with Gasteiger partial charge in [0.1, 0.15) is 24.8 Å². The molecule has 32 heavy (non-hydrogen) atoms. The molecule has 0 amide bonds. The van der Waals surface area contributed by atoms with E-state index in [1.807, 2.05) is 27.7 Å². The Bertz CT molecular complexity index is 628. The molecule has 8 nitrogen and oxygen atoms in total. The molecule has 0 aromatic rings. The summed E-state index contributed by atoms with van der Waals surface area (Å²) in [6, 6.07) is 0. The summed E-state index contributed by atoms with van der Waals surface area (Å²) in [5.41, 5.74) is -0.477. The van der Waals surface area contributed by atoms with Crippen molar-refractivity contribution in [2.45, 2.75) is 94.9 Å². The van der Waals surface area contributed by atoms with Crippen LogP contribution in [-0.2, 0) is 28.7 Å². The molecule has 1 fully saturated rings. The zero-order chi connectivity index (χ0) is 25.0. The first-order valence-electron chi connectivity index (χ1n) is 10.4. The molecule has 8 heteroatoms. The number of Topliss-reactive ketones (excluding diaryl/α,β-unsaturated/α-hetero) is 3. The van der Waals surface area contributed by atoms with Crippen molar-refractivity contribution in [2.75, 3.05) is 13.2 Å². The van der Waals surface area contributed by atoms with Crippen molar-refractivity contribution < 1.29 is 38.9 Å². The summed E-state index contributed by atoms with van der Waals surface area (Å²) in [5.74, 6) is -1.60. The SMILES string of the molecule is C.CC(=O)CC(C)(C)C(C)(C)C(C)=O.CC(=O)COCC(=O)O.CCC1(CC(=O)O)CC1. The minimum Gasteiger partial charge on any atom is -0.481 e. The summed E-state index contributed by atoms with van der Waals surface area (Å²) in [6.45, 7) is 13.8. The van der Waals surface area contributed by atoms with Crippen molar-refractivity contribution in [3.63, 3.8) is 0 Å². The van der Waals surface area contributed by atoms with Crippen molar-refractivity contribution in [3.05, 3.63) is 0 Å². The molecule has 1 saturated carbocycles. The Labute approximate surface area is 193 Å². The number of carboxylic acid groups (broad SMARTS) is 2. The molecule has 0 saturated heterocycles. The summed E-state index contributed by atoms with van der Waals surface area (Å²) in [7, 11) is 0. The third-order valence-corrected chi connectivity index (χ3v) is 6.03. The van der Waals surface area contributed by atoms with Gasteiger partial charge >= 0.3 is 11.9 Å². The third kappa shape index (κ3) is 14.8. The lowest BCUT2D eigenvalue weighted by atomic mass is 9.63. The number of rotatable bonds is 11. The van der Waals surface area contributed by atoms with E-state index in [9.17, 15) is 24.0 Å². The van der Waals surface area contributed by atoms with E-state index in [1.165, 1.54) is 6.92 Å². The van der Waals surface area contributed by atoms with Gasteiger partial charge in [0.05, 0.1) is 6.42 Å². The first kappa shape index (κ1) is 34.5. The second-order valence-electron chi connectivity index (χ2n) is 9.46. The van der Waals surface area contributed by atoms with Gasteiger partial charge in [0, 0.05) is 11.8 Å². The van der Waals surface area contributed by atoms with E-state index in [1.54, 1.807) is 13.8 Å². The number of ketones is 3. The number of aliphatic carboxylic acids is 2. The summed E-state index contributed by atoms with van der Waals surface area (Å²) in [6.07, 6.45) is 4.11. The number of carboxylic acids is 2. The fourth-order valence-electron chi connectivity index (χ4n) is 2.75. The fraction of sp³-hybridized carbons (Fsp3) is 0.792. The minimum atomic E-state index is -1.06. The maximum atomic E-state index is 11.4. The van der Waals surface area contributed by atoms with Gasteiger partial charge in [0.25, 0.3) is 0 Å². The molecule has 0 aromatic carbocycles. The average molecular weight is 461 g/mol. The highest BCUT2D eigenvalue weighted by Gasteiger charge is 2.42. The molecule has 1 aliphatic rings. The smallest absolute Gasteiger partial charge is 0.329 e. The highest BCUT2D eigenvalue weighted by molar-refractivity contribution is 5.84. The van der Waals surface area contributed by atoms with Gasteiger partial charge in [-0.1, -0.05) is 42.0 Å². The van der Waals surface area contributed by atoms with Gasteiger partial charge in [0.15, 0.2) is 5.78 Å². The maximum absolute atomic E-state index is 11.4. The van der Waals surface area contributed by atoms with Gasteiger partial charge in [0.2, 0.25) is 0 Å². The Kier molecular flexibility index (Phi) is 16.0. The number of carbonyl (C=O) groups is 5. The molecular formula is C24H44O8. The molecular weight excluding hydrogens is 416 g/mol. The lowest BCUT2D eigenvalue weighted by Crippen LogP contribution is -2.39. The van der Waals surface area contributed by atoms with Crippen LogP contribution in [0.5, 0.6) is 0 Å². The minimum absolute atomic E-state index is 0. The van der Waals surface area contributed by atoms with Gasteiger partial charge in [-0.05, 0) is 50.9 Å². The first-order chi connectivity index (χ1) is 13.9. The summed E-state index contributed by atoms with van der Waals surface area (Å²) in [4.78, 5) is 52.5. The van der Waals surface area contributed by atoms with Crippen LogP contribution < -0.4 is 0 Å². The van der Waals surface area contributed by atoms with E-state index in [0.717, 1.165) is 19.3 Å². The van der Waals surface area contributed by atoms with Crippen LogP contribution in [0.1, 0.15) is 94.9 Å². The van der Waals surface area contributed by atoms with E-state index >= 15 is 0 Å². The normalized spacial score (nSPS) is 13.8. The topological polar surface area (TPSA) is 135 Å². The second kappa shape index (κ2) is 14.9. The zero-order valence-electron chi connectivity index (χ0n) is 20.3. The molecule has 2 N–H and O–H groups in total. The molecule has 0 unspecified atom stereocenters. The van der Waals surface area contributed by atoms with Crippen molar-refractivity contribution in [2.24, 2.45) is 16.2 Å². The summed E-state index contributed by atoms with van der Waals surface area (Å²) < 4.78 is 4.41. The molecule has 0 bridgehead atoms. The first-order valence-corrected chi connectivity index (χ1v) is 10.4. The predicted molar refractivity (Wildman–Crippen MR) is 124 cm³/mol. The van der Waals surface area contributed by atoms with Gasteiger partial charge in [-0.3, -0.25) is 14.4 Å². The van der Waals surface area contributed by atoms with E-state index in [4.69, 9.17) is 10.2 Å². The Morgan fingerprint density at radius 3 is 1.53 bits per heavy atom. The van der Waals surface area contributed by atoms with Gasteiger partial charge in [-0.15, -0.1) is 0 Å². The Morgan fingerprint density at radius 2 is 1.31 bits per heavy atom. The molecule has 1 aliphatic carbocycles. The van der Waals surface area contributed by atoms with Crippen LogP contribution in [0.3, 0.4) is 0 Å². The number of hydrogen-bond acceptors (Lipinski definition) is 6. The quantitative estimate of drug-likeness (QED) is 0.458. The van der Waals surface area contributed by atoms with Crippen molar-refractivity contribution in [1.82, 2.24) is 0 Å². The van der Waals surface area contributed by atoms with Gasteiger partial charge < -0.3 is 19.7 Å². The van der Waals surface area contributed by atoms with Crippen molar-refractivity contribution in [1.29, 1.82) is 0 Å². The van der Waals surface area contributed by atoms with E-state index < -0.39 is 24.0 Å². The largest absolute Gasteiger partial charge is 0.481 e. The molecule has 0 radical (unpaired) electrons. The van der Waals surface area contributed by atoms with Crippen LogP contribution in [0.4, 0.5) is 0 Å². The number of carbonyl (C=O) groups excluding carboxylic acids is 3. The number of hydrogen-bond donors (Lipinski definition) is 2. The lowest BCUT2D eigenvalue weighted by Gasteiger charge is -2.39. The van der Waals surface area contributed by atoms with Crippen LogP contribution in [0.25, 0.3) is 0 Å². The monoisotopic (exact) mass is 460 g/mol. The predicted octanol–water partition coefficient (Wildman–Crippen LogP) is 4.57. The molecule has 0 spiro atoms. The molecule has 1 rings (SSSR count). The fourth-order valence-corrected chi connectivity index (χ4v) is 2.75. The average Bonchev–Trinajstić information content (AvgIpc) is 3.33. The molecule has 188 valence electrons. The van der Waals surface area contributed by atoms with Crippen LogP contribution >= 0.6 is 0 Å². The van der Waals surface area contributed by atoms with E-state index in [0.29, 0.717) is 12.8 Å². The van der Waals surface area contributed by atoms with E-state index in [2.05, 4.69) is 11.7 Å². The molecule has 0 heterocycles. The van der Waals surface area contributed by atoms with Gasteiger partial charge in [-0.2, -0.15) is 0 Å². The maximum Gasteiger partial charge on any atom is 0.329 e. The van der Waals surface area contributed by atoms with Crippen LogP contribution in [0.15, 0.2) is 0 Å². The highest BCUT2D eigenvalue weighted by atomic mass is 16.5. The van der Waals surface area contributed by atoms with Crippen LogP contribution in [0.2, 0.25) is 0 Å². The lowest BCUT2D eigenvalue weighted by molar-refractivity contribution is -0.143. The Morgan fingerprint density at radius 1 is 0.844 bits per heavy atom. The third-order valence-electron chi connectivity index (χ3n) is 6.03. The van der Waals surface area contributed by atoms with Crippen LogP contribution in [0, 0.1) is 16.2 Å².